The van der Waals surface area contributed by atoms with E-state index in [1.54, 1.807) is 32.2 Å². The molecule has 0 saturated heterocycles. The quantitative estimate of drug-likeness (QED) is 0.649. The third-order valence-corrected chi connectivity index (χ3v) is 2.88. The molecule has 0 spiro atoms. The molecule has 1 aromatic carbocycles. The summed E-state index contributed by atoms with van der Waals surface area (Å²) in [6, 6.07) is 5.17. The van der Waals surface area contributed by atoms with Crippen LogP contribution in [0.25, 0.3) is 0 Å². The van der Waals surface area contributed by atoms with E-state index in [4.69, 9.17) is 9.47 Å². The van der Waals surface area contributed by atoms with Gasteiger partial charge in [0.25, 0.3) is 0 Å². The summed E-state index contributed by atoms with van der Waals surface area (Å²) in [5, 5.41) is 3.06. The molecule has 0 aliphatic carbocycles. The lowest BCUT2D eigenvalue weighted by Gasteiger charge is -2.24. The highest BCUT2D eigenvalue weighted by Crippen LogP contribution is 2.33. The topological polar surface area (TPSA) is 64.6 Å². The van der Waals surface area contributed by atoms with Gasteiger partial charge in [-0.3, -0.25) is 9.59 Å². The largest absolute Gasteiger partial charge is 0.495 e. The Balaban J connectivity index is 2.32. The molecule has 0 aromatic heterocycles. The van der Waals surface area contributed by atoms with Gasteiger partial charge in [-0.1, -0.05) is 6.07 Å². The van der Waals surface area contributed by atoms with E-state index in [0.717, 1.165) is 0 Å². The molecule has 0 radical (unpaired) electrons. The molecule has 1 aromatic rings. The molecular formula is C13H15NO4. The first-order valence-corrected chi connectivity index (χ1v) is 5.80. The van der Waals surface area contributed by atoms with E-state index in [1.165, 1.54) is 0 Å². The second-order valence-corrected chi connectivity index (χ2v) is 3.93. The van der Waals surface area contributed by atoms with Gasteiger partial charge in [-0.15, -0.1) is 0 Å². The first-order chi connectivity index (χ1) is 8.69. The van der Waals surface area contributed by atoms with Crippen LogP contribution in [0, 0.1) is 5.92 Å². The van der Waals surface area contributed by atoms with Crippen molar-refractivity contribution in [2.75, 3.05) is 25.6 Å². The van der Waals surface area contributed by atoms with E-state index in [-0.39, 0.29) is 18.9 Å². The molecule has 0 bridgehead atoms. The standard InChI is InChI=1S/C13H15NO4/c1-3-18-13(16)9-7-14-11-8(12(9)15)5-4-6-10(11)17-2/h4-6,9,14H,3,7H2,1-2H3. The Morgan fingerprint density at radius 2 is 2.28 bits per heavy atom. The van der Waals surface area contributed by atoms with Gasteiger partial charge in [0.15, 0.2) is 5.78 Å². The van der Waals surface area contributed by atoms with Crippen molar-refractivity contribution in [3.05, 3.63) is 23.8 Å². The number of benzene rings is 1. The van der Waals surface area contributed by atoms with Crippen LogP contribution in [0.1, 0.15) is 17.3 Å². The molecule has 1 aliphatic rings. The molecule has 1 aliphatic heterocycles. The second kappa shape index (κ2) is 5.08. The number of anilines is 1. The lowest BCUT2D eigenvalue weighted by atomic mass is 9.92. The number of ketones is 1. The van der Waals surface area contributed by atoms with Gasteiger partial charge in [0.1, 0.15) is 11.7 Å². The molecule has 1 unspecified atom stereocenters. The average Bonchev–Trinajstić information content (AvgIpc) is 2.39. The van der Waals surface area contributed by atoms with E-state index in [9.17, 15) is 9.59 Å². The Morgan fingerprint density at radius 3 is 2.94 bits per heavy atom. The minimum atomic E-state index is -0.774. The van der Waals surface area contributed by atoms with Gasteiger partial charge < -0.3 is 14.8 Å². The van der Waals surface area contributed by atoms with Crippen molar-refractivity contribution in [3.63, 3.8) is 0 Å². The maximum absolute atomic E-state index is 12.2. The smallest absolute Gasteiger partial charge is 0.318 e. The molecule has 0 saturated carbocycles. The van der Waals surface area contributed by atoms with Crippen LogP contribution in [0.3, 0.4) is 0 Å². The van der Waals surface area contributed by atoms with E-state index in [0.29, 0.717) is 17.0 Å². The van der Waals surface area contributed by atoms with Gasteiger partial charge in [0.05, 0.1) is 19.4 Å². The fraction of sp³-hybridized carbons (Fsp3) is 0.385. The van der Waals surface area contributed by atoms with E-state index in [1.807, 2.05) is 0 Å². The number of hydrogen-bond donors (Lipinski definition) is 1. The molecule has 1 atom stereocenters. The highest BCUT2D eigenvalue weighted by atomic mass is 16.5. The number of carbonyl (C=O) groups is 2. The summed E-state index contributed by atoms with van der Waals surface area (Å²) in [6.07, 6.45) is 0. The summed E-state index contributed by atoms with van der Waals surface area (Å²) in [7, 11) is 1.54. The van der Waals surface area contributed by atoms with Crippen LogP contribution in [0.15, 0.2) is 18.2 Å². The fourth-order valence-corrected chi connectivity index (χ4v) is 2.01. The van der Waals surface area contributed by atoms with Crippen molar-refractivity contribution in [1.29, 1.82) is 0 Å². The van der Waals surface area contributed by atoms with Crippen molar-refractivity contribution < 1.29 is 19.1 Å². The minimum absolute atomic E-state index is 0.221. The highest BCUT2D eigenvalue weighted by Gasteiger charge is 2.34. The minimum Gasteiger partial charge on any atom is -0.495 e. The van der Waals surface area contributed by atoms with Crippen LogP contribution in [-0.2, 0) is 9.53 Å². The number of hydrogen-bond acceptors (Lipinski definition) is 5. The predicted octanol–water partition coefficient (Wildman–Crippen LogP) is 1.48. The number of nitrogens with one attached hydrogen (secondary N) is 1. The van der Waals surface area contributed by atoms with Crippen LogP contribution in [0.2, 0.25) is 0 Å². The lowest BCUT2D eigenvalue weighted by Crippen LogP contribution is -2.36. The number of ether oxygens (including phenoxy) is 2. The average molecular weight is 249 g/mol. The SMILES string of the molecule is CCOC(=O)C1CNc2c(OC)cccc2C1=O. The Labute approximate surface area is 105 Å². The first-order valence-electron chi connectivity index (χ1n) is 5.80. The Bertz CT molecular complexity index is 484. The molecule has 0 amide bonds. The molecule has 5 nitrogen and oxygen atoms in total. The second-order valence-electron chi connectivity index (χ2n) is 3.93. The van der Waals surface area contributed by atoms with Gasteiger partial charge in [-0.05, 0) is 19.1 Å². The number of Topliss-reactive ketones (excluding diaryl/α,β-unsaturated/α-hetero) is 1. The van der Waals surface area contributed by atoms with Gasteiger partial charge in [0, 0.05) is 12.1 Å². The lowest BCUT2D eigenvalue weighted by molar-refractivity contribution is -0.145. The van der Waals surface area contributed by atoms with Crippen molar-refractivity contribution >= 4 is 17.4 Å². The van der Waals surface area contributed by atoms with Crippen LogP contribution in [0.5, 0.6) is 5.75 Å². The summed E-state index contributed by atoms with van der Waals surface area (Å²) in [4.78, 5) is 23.9. The predicted molar refractivity (Wildman–Crippen MR) is 65.9 cm³/mol. The Kier molecular flexibility index (Phi) is 3.50. The fourth-order valence-electron chi connectivity index (χ4n) is 2.01. The van der Waals surface area contributed by atoms with Crippen LogP contribution >= 0.6 is 0 Å². The zero-order chi connectivity index (χ0) is 13.1. The van der Waals surface area contributed by atoms with Gasteiger partial charge in [-0.2, -0.15) is 0 Å². The highest BCUT2D eigenvalue weighted by molar-refractivity contribution is 6.14. The summed E-state index contributed by atoms with van der Waals surface area (Å²) >= 11 is 0. The Hall–Kier alpha value is -2.04. The molecule has 96 valence electrons. The number of esters is 1. The van der Waals surface area contributed by atoms with Crippen LogP contribution < -0.4 is 10.1 Å². The first kappa shape index (κ1) is 12.4. The molecule has 5 heteroatoms. The van der Waals surface area contributed by atoms with Crippen molar-refractivity contribution in [2.45, 2.75) is 6.92 Å². The summed E-state index contributed by atoms with van der Waals surface area (Å²) in [5.74, 6) is -0.878. The molecule has 1 N–H and O–H groups in total. The van der Waals surface area contributed by atoms with Crippen molar-refractivity contribution in [3.8, 4) is 5.75 Å². The molecule has 0 fully saturated rings. The number of carbonyl (C=O) groups excluding carboxylic acids is 2. The third kappa shape index (κ3) is 2.03. The monoisotopic (exact) mass is 249 g/mol. The van der Waals surface area contributed by atoms with Crippen molar-refractivity contribution in [2.24, 2.45) is 5.92 Å². The van der Waals surface area contributed by atoms with Gasteiger partial charge >= 0.3 is 5.97 Å². The van der Waals surface area contributed by atoms with Crippen LogP contribution in [-0.4, -0.2) is 32.0 Å². The molecule has 18 heavy (non-hydrogen) atoms. The molecule has 1 heterocycles. The normalized spacial score (nSPS) is 17.7. The third-order valence-electron chi connectivity index (χ3n) is 2.88. The number of rotatable bonds is 3. The van der Waals surface area contributed by atoms with Crippen molar-refractivity contribution in [1.82, 2.24) is 0 Å². The van der Waals surface area contributed by atoms with Gasteiger partial charge in [-0.25, -0.2) is 0 Å². The number of para-hydroxylation sites is 1. The summed E-state index contributed by atoms with van der Waals surface area (Å²) < 4.78 is 10.1. The zero-order valence-corrected chi connectivity index (χ0v) is 10.4. The summed E-state index contributed by atoms with van der Waals surface area (Å²) in [6.45, 7) is 2.23. The van der Waals surface area contributed by atoms with E-state index < -0.39 is 11.9 Å². The molecular weight excluding hydrogens is 234 g/mol. The molecule has 2 rings (SSSR count). The number of methoxy groups -OCH3 is 1. The summed E-state index contributed by atoms with van der Waals surface area (Å²) in [5.41, 5.74) is 1.12. The maximum atomic E-state index is 12.2. The maximum Gasteiger partial charge on any atom is 0.318 e. The van der Waals surface area contributed by atoms with E-state index >= 15 is 0 Å². The zero-order valence-electron chi connectivity index (χ0n) is 10.4. The Morgan fingerprint density at radius 1 is 1.50 bits per heavy atom. The van der Waals surface area contributed by atoms with Gasteiger partial charge in [0.2, 0.25) is 0 Å². The van der Waals surface area contributed by atoms with E-state index in [2.05, 4.69) is 5.32 Å². The number of fused-ring (bicyclic) bond motifs is 1. The van der Waals surface area contributed by atoms with Crippen LogP contribution in [0.4, 0.5) is 5.69 Å².